The van der Waals surface area contributed by atoms with E-state index in [9.17, 15) is 13.2 Å². The second-order valence-corrected chi connectivity index (χ2v) is 6.05. The van der Waals surface area contributed by atoms with Crippen molar-refractivity contribution in [3.05, 3.63) is 78.1 Å². The molecule has 0 atom stereocenters. The Morgan fingerprint density at radius 1 is 1.03 bits per heavy atom. The number of aliphatic imine (C=N–C) groups is 1. The van der Waals surface area contributed by atoms with E-state index in [1.807, 2.05) is 36.5 Å². The van der Waals surface area contributed by atoms with Crippen LogP contribution in [0.1, 0.15) is 11.1 Å². The van der Waals surface area contributed by atoms with Gasteiger partial charge >= 0.3 is 6.36 Å². The first-order valence-corrected chi connectivity index (χ1v) is 8.82. The molecule has 0 unspecified atom stereocenters. The highest BCUT2D eigenvalue weighted by Crippen LogP contribution is 2.26. The smallest absolute Gasteiger partial charge is 0.405 e. The van der Waals surface area contributed by atoms with Gasteiger partial charge in [-0.2, -0.15) is 5.10 Å². The van der Waals surface area contributed by atoms with Crippen molar-refractivity contribution in [3.63, 3.8) is 0 Å². The lowest BCUT2D eigenvalue weighted by Gasteiger charge is -2.15. The number of halogens is 3. The minimum atomic E-state index is -4.74. The van der Waals surface area contributed by atoms with Gasteiger partial charge in [0, 0.05) is 38.1 Å². The van der Waals surface area contributed by atoms with Crippen LogP contribution in [0.4, 0.5) is 13.2 Å². The van der Waals surface area contributed by atoms with E-state index in [0.29, 0.717) is 18.1 Å². The Hall–Kier alpha value is -3.49. The molecule has 152 valence electrons. The third-order valence-corrected chi connectivity index (χ3v) is 4.03. The van der Waals surface area contributed by atoms with E-state index in [4.69, 9.17) is 0 Å². The van der Waals surface area contributed by atoms with E-state index >= 15 is 0 Å². The predicted molar refractivity (Wildman–Crippen MR) is 104 cm³/mol. The van der Waals surface area contributed by atoms with Gasteiger partial charge in [0.25, 0.3) is 0 Å². The molecule has 0 aliphatic heterocycles. The molecule has 6 nitrogen and oxygen atoms in total. The van der Waals surface area contributed by atoms with Crippen molar-refractivity contribution in [2.24, 2.45) is 4.99 Å². The van der Waals surface area contributed by atoms with E-state index in [2.05, 4.69) is 25.5 Å². The number of ether oxygens (including phenoxy) is 1. The quantitative estimate of drug-likeness (QED) is 0.487. The molecule has 29 heavy (non-hydrogen) atoms. The van der Waals surface area contributed by atoms with Gasteiger partial charge in [0.05, 0.1) is 5.69 Å². The average Bonchev–Trinajstić information content (AvgIpc) is 3.23. The predicted octanol–water partition coefficient (Wildman–Crippen LogP) is 3.64. The molecule has 0 bridgehead atoms. The summed E-state index contributed by atoms with van der Waals surface area (Å²) in [6.07, 6.45) is -1.17. The lowest BCUT2D eigenvalue weighted by Crippen LogP contribution is -2.36. The highest BCUT2D eigenvalue weighted by Gasteiger charge is 2.31. The summed E-state index contributed by atoms with van der Waals surface area (Å²) >= 11 is 0. The van der Waals surface area contributed by atoms with Gasteiger partial charge in [-0.25, -0.2) is 4.68 Å². The summed E-state index contributed by atoms with van der Waals surface area (Å²) in [4.78, 5) is 4.10. The lowest BCUT2D eigenvalue weighted by molar-refractivity contribution is -0.274. The first-order chi connectivity index (χ1) is 13.9. The van der Waals surface area contributed by atoms with Crippen molar-refractivity contribution in [1.29, 1.82) is 0 Å². The van der Waals surface area contributed by atoms with Crippen molar-refractivity contribution >= 4 is 5.96 Å². The zero-order valence-corrected chi connectivity index (χ0v) is 15.6. The van der Waals surface area contributed by atoms with Crippen molar-refractivity contribution in [3.8, 4) is 11.4 Å². The zero-order valence-electron chi connectivity index (χ0n) is 15.6. The van der Waals surface area contributed by atoms with Crippen LogP contribution in [0.25, 0.3) is 5.69 Å². The molecule has 0 saturated heterocycles. The summed E-state index contributed by atoms with van der Waals surface area (Å²) in [5.41, 5.74) is 2.34. The second-order valence-electron chi connectivity index (χ2n) is 6.05. The van der Waals surface area contributed by atoms with Gasteiger partial charge < -0.3 is 15.4 Å². The molecule has 3 rings (SSSR count). The van der Waals surface area contributed by atoms with Crippen molar-refractivity contribution in [2.45, 2.75) is 19.5 Å². The van der Waals surface area contributed by atoms with Crippen LogP contribution < -0.4 is 15.4 Å². The fourth-order valence-electron chi connectivity index (χ4n) is 2.65. The van der Waals surface area contributed by atoms with Crippen molar-refractivity contribution in [1.82, 2.24) is 20.4 Å². The van der Waals surface area contributed by atoms with Gasteiger partial charge in [-0.3, -0.25) is 4.99 Å². The number of alkyl halides is 3. The maximum Gasteiger partial charge on any atom is 0.573 e. The Morgan fingerprint density at radius 3 is 2.41 bits per heavy atom. The van der Waals surface area contributed by atoms with E-state index in [0.717, 1.165) is 11.3 Å². The normalized spacial score (nSPS) is 11.9. The van der Waals surface area contributed by atoms with Gasteiger partial charge in [-0.15, -0.1) is 13.2 Å². The van der Waals surface area contributed by atoms with E-state index in [1.54, 1.807) is 30.1 Å². The molecule has 0 aliphatic rings. The molecular weight excluding hydrogens is 383 g/mol. The number of para-hydroxylation sites is 1. The fraction of sp³-hybridized carbons (Fsp3) is 0.200. The molecule has 1 heterocycles. The molecular formula is C20H20F3N5O. The number of nitrogens with one attached hydrogen (secondary N) is 2. The Balaban J connectivity index is 1.55. The molecule has 2 aromatic carbocycles. The van der Waals surface area contributed by atoms with Crippen LogP contribution in [0.2, 0.25) is 0 Å². The molecule has 0 spiro atoms. The number of aromatic nitrogens is 2. The summed E-state index contributed by atoms with van der Waals surface area (Å²) in [5.74, 6) is 0.222. The Bertz CT molecular complexity index is 938. The van der Waals surface area contributed by atoms with Gasteiger partial charge in [-0.05, 0) is 29.8 Å². The van der Waals surface area contributed by atoms with Crippen LogP contribution in [0.15, 0.2) is 72.0 Å². The Morgan fingerprint density at radius 2 is 1.76 bits per heavy atom. The number of nitrogens with zero attached hydrogens (tertiary/aromatic N) is 3. The van der Waals surface area contributed by atoms with Crippen LogP contribution in [0.3, 0.4) is 0 Å². The summed E-state index contributed by atoms with van der Waals surface area (Å²) in [6.45, 7) is 0.629. The van der Waals surface area contributed by atoms with Crippen LogP contribution >= 0.6 is 0 Å². The number of guanidine groups is 1. The SMILES string of the molecule is CN=C(NCc1ccc(-n2cccn2)cc1)NCc1ccccc1OC(F)(F)F. The van der Waals surface area contributed by atoms with Crippen LogP contribution in [-0.4, -0.2) is 29.2 Å². The van der Waals surface area contributed by atoms with Crippen molar-refractivity contribution < 1.29 is 17.9 Å². The third-order valence-electron chi connectivity index (χ3n) is 4.03. The monoisotopic (exact) mass is 403 g/mol. The molecule has 2 N–H and O–H groups in total. The number of benzene rings is 2. The minimum absolute atomic E-state index is 0.129. The maximum atomic E-state index is 12.5. The van der Waals surface area contributed by atoms with Crippen molar-refractivity contribution in [2.75, 3.05) is 7.05 Å². The first kappa shape index (κ1) is 20.2. The van der Waals surface area contributed by atoms with E-state index in [-0.39, 0.29) is 12.3 Å². The van der Waals surface area contributed by atoms with Gasteiger partial charge in [0.15, 0.2) is 5.96 Å². The second kappa shape index (κ2) is 9.13. The maximum absolute atomic E-state index is 12.5. The molecule has 0 radical (unpaired) electrons. The topological polar surface area (TPSA) is 63.5 Å². The number of hydrogen-bond acceptors (Lipinski definition) is 3. The number of hydrogen-bond donors (Lipinski definition) is 2. The highest BCUT2D eigenvalue weighted by molar-refractivity contribution is 5.79. The standard InChI is InChI=1S/C20H20F3N5O/c1-24-19(26-14-16-5-2-3-6-18(16)29-20(21,22)23)25-13-15-7-9-17(10-8-15)28-12-4-11-27-28/h2-12H,13-14H2,1H3,(H2,24,25,26). The van der Waals surface area contributed by atoms with Gasteiger partial charge in [0.1, 0.15) is 5.75 Å². The van der Waals surface area contributed by atoms with Crippen LogP contribution in [0, 0.1) is 0 Å². The van der Waals surface area contributed by atoms with Crippen LogP contribution in [-0.2, 0) is 13.1 Å². The van der Waals surface area contributed by atoms with Crippen LogP contribution in [0.5, 0.6) is 5.75 Å². The molecule has 1 aromatic heterocycles. The minimum Gasteiger partial charge on any atom is -0.405 e. The highest BCUT2D eigenvalue weighted by atomic mass is 19.4. The zero-order chi connectivity index (χ0) is 20.7. The fourth-order valence-corrected chi connectivity index (χ4v) is 2.65. The first-order valence-electron chi connectivity index (χ1n) is 8.82. The molecule has 0 fully saturated rings. The molecule has 0 saturated carbocycles. The van der Waals surface area contributed by atoms with E-state index in [1.165, 1.54) is 12.1 Å². The number of rotatable bonds is 6. The Labute approximate surface area is 166 Å². The van der Waals surface area contributed by atoms with E-state index < -0.39 is 6.36 Å². The summed E-state index contributed by atoms with van der Waals surface area (Å²) in [6, 6.07) is 15.7. The molecule has 3 aromatic rings. The summed E-state index contributed by atoms with van der Waals surface area (Å²) < 4.78 is 43.4. The molecule has 0 amide bonds. The summed E-state index contributed by atoms with van der Waals surface area (Å²) in [7, 11) is 1.59. The lowest BCUT2D eigenvalue weighted by atomic mass is 10.2. The average molecular weight is 403 g/mol. The van der Waals surface area contributed by atoms with Gasteiger partial charge in [-0.1, -0.05) is 30.3 Å². The Kier molecular flexibility index (Phi) is 6.38. The third kappa shape index (κ3) is 6.00. The molecule has 9 heteroatoms. The largest absolute Gasteiger partial charge is 0.573 e. The molecule has 0 aliphatic carbocycles. The summed E-state index contributed by atoms with van der Waals surface area (Å²) in [5, 5.41) is 10.3. The van der Waals surface area contributed by atoms with Gasteiger partial charge in [0.2, 0.25) is 0 Å².